The molecule has 0 heterocycles. The fraction of sp³-hybridized carbons (Fsp3) is 0.556. The van der Waals surface area contributed by atoms with Gasteiger partial charge in [0.1, 0.15) is 12.4 Å². The van der Waals surface area contributed by atoms with Gasteiger partial charge in [-0.2, -0.15) is 0 Å². The van der Waals surface area contributed by atoms with Crippen LogP contribution in [-0.2, 0) is 14.3 Å². The van der Waals surface area contributed by atoms with Crippen molar-refractivity contribution < 1.29 is 14.3 Å². The lowest BCUT2D eigenvalue weighted by molar-refractivity contribution is -0.140. The Hall–Kier alpha value is -1.12. The van der Waals surface area contributed by atoms with Crippen LogP contribution < -0.4 is 0 Å². The van der Waals surface area contributed by atoms with Crippen molar-refractivity contribution in [1.82, 2.24) is 0 Å². The van der Waals surface area contributed by atoms with Gasteiger partial charge in [0.05, 0.1) is 5.92 Å². The molecule has 0 bridgehead atoms. The van der Waals surface area contributed by atoms with Crippen molar-refractivity contribution >= 4 is 11.8 Å². The van der Waals surface area contributed by atoms with Gasteiger partial charge in [0, 0.05) is 6.08 Å². The molecule has 0 N–H and O–H groups in total. The predicted molar refractivity (Wildman–Crippen MR) is 45.6 cm³/mol. The van der Waals surface area contributed by atoms with Gasteiger partial charge in [-0.15, -0.1) is 0 Å². The number of Topliss-reactive ketones (excluding diaryl/α,β-unsaturated/α-hetero) is 1. The average molecular weight is 170 g/mol. The normalized spacial score (nSPS) is 11.8. The van der Waals surface area contributed by atoms with Crippen molar-refractivity contribution in [1.29, 1.82) is 0 Å². The number of carbonyl (C=O) groups excluding carboxylic acids is 2. The molecule has 0 amide bonds. The average Bonchev–Trinajstić information content (AvgIpc) is 2.04. The van der Waals surface area contributed by atoms with Crippen LogP contribution >= 0.6 is 0 Å². The molecule has 0 rings (SSSR count). The lowest BCUT2D eigenvalue weighted by Gasteiger charge is -2.09. The zero-order valence-corrected chi connectivity index (χ0v) is 7.50. The molecule has 68 valence electrons. The van der Waals surface area contributed by atoms with E-state index in [1.807, 2.05) is 6.92 Å². The minimum absolute atomic E-state index is 0.0503. The fourth-order valence-electron chi connectivity index (χ4n) is 0.764. The minimum Gasteiger partial charge on any atom is -0.462 e. The van der Waals surface area contributed by atoms with Crippen molar-refractivity contribution in [3.05, 3.63) is 12.7 Å². The Kier molecular flexibility index (Phi) is 5.00. The molecule has 0 aliphatic carbocycles. The molecule has 0 aliphatic rings. The third-order valence-corrected chi connectivity index (χ3v) is 1.66. The summed E-state index contributed by atoms with van der Waals surface area (Å²) in [5.41, 5.74) is 0. The monoisotopic (exact) mass is 170 g/mol. The molecule has 0 aromatic carbocycles. The third-order valence-electron chi connectivity index (χ3n) is 1.66. The summed E-state index contributed by atoms with van der Waals surface area (Å²) in [4.78, 5) is 21.5. The van der Waals surface area contributed by atoms with Crippen molar-refractivity contribution in [3.63, 3.8) is 0 Å². The van der Waals surface area contributed by atoms with E-state index in [-0.39, 0.29) is 18.3 Å². The van der Waals surface area contributed by atoms with Crippen molar-refractivity contribution in [2.24, 2.45) is 5.92 Å². The van der Waals surface area contributed by atoms with Gasteiger partial charge in [0.2, 0.25) is 0 Å². The zero-order valence-electron chi connectivity index (χ0n) is 7.50. The van der Waals surface area contributed by atoms with Crippen LogP contribution in [0.4, 0.5) is 0 Å². The summed E-state index contributed by atoms with van der Waals surface area (Å²) in [5, 5.41) is 0. The van der Waals surface area contributed by atoms with Crippen LogP contribution in [0.15, 0.2) is 12.7 Å². The first-order chi connectivity index (χ1) is 5.61. The maximum absolute atomic E-state index is 10.9. The molecule has 0 fully saturated rings. The van der Waals surface area contributed by atoms with E-state index in [0.29, 0.717) is 6.42 Å². The van der Waals surface area contributed by atoms with Crippen LogP contribution in [0.5, 0.6) is 0 Å². The summed E-state index contributed by atoms with van der Waals surface area (Å²) < 4.78 is 4.73. The topological polar surface area (TPSA) is 43.4 Å². The number of rotatable bonds is 5. The molecule has 12 heavy (non-hydrogen) atoms. The Labute approximate surface area is 72.4 Å². The van der Waals surface area contributed by atoms with Gasteiger partial charge in [-0.25, -0.2) is 4.79 Å². The van der Waals surface area contributed by atoms with E-state index >= 15 is 0 Å². The molecule has 1 unspecified atom stereocenters. The molecule has 0 saturated carbocycles. The minimum atomic E-state index is -0.477. The van der Waals surface area contributed by atoms with Crippen molar-refractivity contribution in [2.75, 3.05) is 6.61 Å². The molecular weight excluding hydrogens is 156 g/mol. The highest BCUT2D eigenvalue weighted by Crippen LogP contribution is 2.04. The van der Waals surface area contributed by atoms with Crippen LogP contribution in [0.1, 0.15) is 20.3 Å². The van der Waals surface area contributed by atoms with E-state index in [1.54, 1.807) is 0 Å². The molecule has 3 heteroatoms. The van der Waals surface area contributed by atoms with Gasteiger partial charge in [-0.05, 0) is 13.3 Å². The van der Waals surface area contributed by atoms with Gasteiger partial charge in [0.25, 0.3) is 0 Å². The largest absolute Gasteiger partial charge is 0.462 e. The molecule has 0 aromatic heterocycles. The zero-order chi connectivity index (χ0) is 9.56. The van der Waals surface area contributed by atoms with E-state index in [4.69, 9.17) is 4.74 Å². The molecule has 0 saturated heterocycles. The maximum Gasteiger partial charge on any atom is 0.330 e. The van der Waals surface area contributed by atoms with Crippen LogP contribution in [0.2, 0.25) is 0 Å². The van der Waals surface area contributed by atoms with E-state index in [2.05, 4.69) is 6.58 Å². The number of ether oxygens (including phenoxy) is 1. The number of hydrogen-bond donors (Lipinski definition) is 0. The third kappa shape index (κ3) is 3.91. The highest BCUT2D eigenvalue weighted by molar-refractivity contribution is 5.82. The SMILES string of the molecule is C=CC(=O)OCC(CC)C(C)=O. The van der Waals surface area contributed by atoms with E-state index in [9.17, 15) is 9.59 Å². The highest BCUT2D eigenvalue weighted by Gasteiger charge is 2.12. The quantitative estimate of drug-likeness (QED) is 0.462. The van der Waals surface area contributed by atoms with E-state index in [1.165, 1.54) is 6.92 Å². The molecule has 0 aromatic rings. The molecule has 3 nitrogen and oxygen atoms in total. The standard InChI is InChI=1S/C9H14O3/c1-4-8(7(3)10)6-12-9(11)5-2/h5,8H,2,4,6H2,1,3H3. The van der Waals surface area contributed by atoms with Crippen LogP contribution in [0.3, 0.4) is 0 Å². The molecular formula is C9H14O3. The lowest BCUT2D eigenvalue weighted by atomic mass is 10.0. The summed E-state index contributed by atoms with van der Waals surface area (Å²) in [7, 11) is 0. The second-order valence-electron chi connectivity index (χ2n) is 2.55. The van der Waals surface area contributed by atoms with E-state index in [0.717, 1.165) is 6.08 Å². The Morgan fingerprint density at radius 2 is 2.17 bits per heavy atom. The highest BCUT2D eigenvalue weighted by atomic mass is 16.5. The first kappa shape index (κ1) is 10.9. The molecule has 1 atom stereocenters. The molecule has 0 radical (unpaired) electrons. The van der Waals surface area contributed by atoms with Gasteiger partial charge in [-0.3, -0.25) is 4.79 Å². The fourth-order valence-corrected chi connectivity index (χ4v) is 0.764. The Bertz CT molecular complexity index is 184. The Morgan fingerprint density at radius 3 is 2.50 bits per heavy atom. The number of ketones is 1. The summed E-state index contributed by atoms with van der Waals surface area (Å²) in [6.45, 7) is 6.79. The number of esters is 1. The van der Waals surface area contributed by atoms with Crippen LogP contribution in [-0.4, -0.2) is 18.4 Å². The van der Waals surface area contributed by atoms with Crippen LogP contribution in [0.25, 0.3) is 0 Å². The van der Waals surface area contributed by atoms with Crippen molar-refractivity contribution in [2.45, 2.75) is 20.3 Å². The summed E-state index contributed by atoms with van der Waals surface area (Å²) >= 11 is 0. The Balaban J connectivity index is 3.80. The maximum atomic E-state index is 10.9. The van der Waals surface area contributed by atoms with Gasteiger partial charge < -0.3 is 4.74 Å². The second kappa shape index (κ2) is 5.52. The molecule has 0 spiro atoms. The predicted octanol–water partition coefficient (Wildman–Crippen LogP) is 1.33. The summed E-state index contributed by atoms with van der Waals surface area (Å²) in [6, 6.07) is 0. The summed E-state index contributed by atoms with van der Waals surface area (Å²) in [5.74, 6) is -0.599. The van der Waals surface area contributed by atoms with Gasteiger partial charge in [-0.1, -0.05) is 13.5 Å². The summed E-state index contributed by atoms with van der Waals surface area (Å²) in [6.07, 6.45) is 1.78. The smallest absolute Gasteiger partial charge is 0.330 e. The van der Waals surface area contributed by atoms with Gasteiger partial charge >= 0.3 is 5.97 Å². The second-order valence-corrected chi connectivity index (χ2v) is 2.55. The Morgan fingerprint density at radius 1 is 1.58 bits per heavy atom. The van der Waals surface area contributed by atoms with Gasteiger partial charge in [0.15, 0.2) is 0 Å². The van der Waals surface area contributed by atoms with E-state index < -0.39 is 5.97 Å². The number of hydrogen-bond acceptors (Lipinski definition) is 3. The van der Waals surface area contributed by atoms with Crippen molar-refractivity contribution in [3.8, 4) is 0 Å². The first-order valence-electron chi connectivity index (χ1n) is 3.91. The first-order valence-corrected chi connectivity index (χ1v) is 3.91. The number of carbonyl (C=O) groups is 2. The lowest BCUT2D eigenvalue weighted by Crippen LogP contribution is -2.18. The van der Waals surface area contributed by atoms with Crippen LogP contribution in [0, 0.1) is 5.92 Å². The molecule has 0 aliphatic heterocycles.